The Morgan fingerprint density at radius 3 is 2.67 bits per heavy atom. The lowest BCUT2D eigenvalue weighted by atomic mass is 9.78. The van der Waals surface area contributed by atoms with Crippen LogP contribution in [0.3, 0.4) is 0 Å². The average molecular weight is 559 g/mol. The molecule has 5 unspecified atom stereocenters. The monoisotopic (exact) mass is 558 g/mol. The van der Waals surface area contributed by atoms with Gasteiger partial charge >= 0.3 is 11.4 Å². The molecule has 10 atom stereocenters. The third-order valence-electron chi connectivity index (χ3n) is 10.9. The van der Waals surface area contributed by atoms with Crippen molar-refractivity contribution >= 4 is 5.71 Å². The van der Waals surface area contributed by atoms with Gasteiger partial charge in [0.05, 0.1) is 11.8 Å². The molecule has 0 aromatic carbocycles. The maximum absolute atomic E-state index is 13.7. The van der Waals surface area contributed by atoms with Crippen molar-refractivity contribution in [2.24, 2.45) is 17.0 Å². The minimum absolute atomic E-state index is 0.0549. The van der Waals surface area contributed by atoms with Gasteiger partial charge in [-0.25, -0.2) is 23.5 Å². The highest BCUT2D eigenvalue weighted by molar-refractivity contribution is 5.94. The van der Waals surface area contributed by atoms with Gasteiger partial charge in [-0.05, 0) is 64.8 Å². The first-order valence-corrected chi connectivity index (χ1v) is 15.8. The Kier molecular flexibility index (Phi) is 7.00. The van der Waals surface area contributed by atoms with Crippen molar-refractivity contribution < 1.29 is 14.7 Å². The number of piperidine rings is 2. The van der Waals surface area contributed by atoms with Gasteiger partial charge in [-0.1, -0.05) is 31.3 Å². The molecule has 0 spiro atoms. The van der Waals surface area contributed by atoms with Gasteiger partial charge in [0.25, 0.3) is 0 Å². The average Bonchev–Trinajstić information content (AvgIpc) is 3.70. The summed E-state index contributed by atoms with van der Waals surface area (Å²) >= 11 is 0. The number of aromatic nitrogens is 3. The van der Waals surface area contributed by atoms with Gasteiger partial charge in [-0.3, -0.25) is 4.90 Å². The van der Waals surface area contributed by atoms with Gasteiger partial charge < -0.3 is 20.0 Å². The molecule has 0 bridgehead atoms. The first-order valence-electron chi connectivity index (χ1n) is 15.8. The molecule has 11 heteroatoms. The number of likely N-dealkylation sites (tertiary alicyclic amines) is 1. The van der Waals surface area contributed by atoms with Crippen LogP contribution in [-0.2, 0) is 16.1 Å². The Morgan fingerprint density at radius 1 is 1.07 bits per heavy atom. The fraction of sp³-hybridized carbons (Fsp3) is 0.897. The summed E-state index contributed by atoms with van der Waals surface area (Å²) in [6, 6.07) is 1.000. The highest BCUT2D eigenvalue weighted by atomic mass is 16.6. The predicted molar refractivity (Wildman–Crippen MR) is 150 cm³/mol. The van der Waals surface area contributed by atoms with E-state index in [4.69, 9.17) is 9.57 Å². The highest BCUT2D eigenvalue weighted by Crippen LogP contribution is 2.46. The molecular weight excluding hydrogens is 512 g/mol. The van der Waals surface area contributed by atoms with Crippen LogP contribution in [0.15, 0.2) is 14.7 Å². The molecule has 40 heavy (non-hydrogen) atoms. The summed E-state index contributed by atoms with van der Waals surface area (Å²) in [5, 5.41) is 19.7. The van der Waals surface area contributed by atoms with Crippen molar-refractivity contribution in [3.05, 3.63) is 21.0 Å². The van der Waals surface area contributed by atoms with E-state index in [0.29, 0.717) is 37.0 Å². The summed E-state index contributed by atoms with van der Waals surface area (Å²) in [5.41, 5.74) is 0.231. The first kappa shape index (κ1) is 26.9. The van der Waals surface area contributed by atoms with Crippen LogP contribution in [0, 0.1) is 11.8 Å². The third-order valence-corrected chi connectivity index (χ3v) is 10.9. The van der Waals surface area contributed by atoms with Gasteiger partial charge in [0.1, 0.15) is 24.4 Å². The largest absolute Gasteiger partial charge is 0.391 e. The van der Waals surface area contributed by atoms with Crippen LogP contribution in [0.5, 0.6) is 0 Å². The third kappa shape index (κ3) is 4.42. The number of fused-ring (bicyclic) bond motifs is 5. The lowest BCUT2D eigenvalue weighted by Gasteiger charge is -2.49. The van der Waals surface area contributed by atoms with Crippen LogP contribution >= 0.6 is 0 Å². The predicted octanol–water partition coefficient (Wildman–Crippen LogP) is 1.63. The molecule has 2 N–H and O–H groups in total. The number of aliphatic hydroxyl groups excluding tert-OH is 1. The van der Waals surface area contributed by atoms with Crippen LogP contribution < -0.4 is 16.7 Å². The fourth-order valence-electron chi connectivity index (χ4n) is 8.57. The molecule has 0 radical (unpaired) electrons. The van der Waals surface area contributed by atoms with E-state index in [0.717, 1.165) is 50.9 Å². The summed E-state index contributed by atoms with van der Waals surface area (Å²) in [7, 11) is 0. The second-order valence-corrected chi connectivity index (χ2v) is 13.5. The van der Waals surface area contributed by atoms with Crippen LogP contribution in [-0.4, -0.2) is 85.3 Å². The Labute approximate surface area is 235 Å². The molecule has 5 heterocycles. The zero-order chi connectivity index (χ0) is 27.7. The minimum Gasteiger partial charge on any atom is -0.391 e. The molecule has 4 aliphatic heterocycles. The maximum atomic E-state index is 13.7. The number of ether oxygens (including phenoxy) is 1. The number of nitrogens with zero attached hydrogens (tertiary/aromatic N) is 5. The van der Waals surface area contributed by atoms with E-state index in [1.807, 2.05) is 0 Å². The normalized spacial score (nSPS) is 41.5. The summed E-state index contributed by atoms with van der Waals surface area (Å²) in [6.45, 7) is 9.03. The van der Waals surface area contributed by atoms with Crippen LogP contribution in [0.2, 0.25) is 0 Å². The van der Waals surface area contributed by atoms with Crippen LogP contribution in [0.25, 0.3) is 0 Å². The van der Waals surface area contributed by atoms with Crippen molar-refractivity contribution in [2.75, 3.05) is 13.1 Å². The molecule has 1 aromatic rings. The smallest absolute Gasteiger partial charge is 0.347 e. The molecule has 6 aliphatic rings. The molecule has 1 aromatic heterocycles. The standard InChI is InChI=1S/C29H46N6O5/c1-16-14-22-21(30-18(16)3)10-7-12-32(22)15-17(2)40-31-23-20-11-13-33-28(37)34(19-8-5-4-6-9-19)29(38)35(33)24(20)25(36)27-26(23)39-27/h16-22,24-27,30,36H,4-15H2,1-3H3/b31-23-/t16?,17?,18?,20-,21?,22?,24-,25+,26-,27+/m1/s1. The van der Waals surface area contributed by atoms with Gasteiger partial charge in [-0.15, -0.1) is 0 Å². The Morgan fingerprint density at radius 2 is 1.88 bits per heavy atom. The van der Waals surface area contributed by atoms with E-state index in [1.54, 1.807) is 4.68 Å². The van der Waals surface area contributed by atoms with Gasteiger partial charge in [0, 0.05) is 43.2 Å². The highest BCUT2D eigenvalue weighted by Gasteiger charge is 2.61. The SMILES string of the molecule is CC(CN1CCCC2NC(C)C(C)CC21)O/N=C1/[C@H]2CCn3c(=O)n(C4CCCCC4)c(=O)n3[C@H]2[C@H](O)[C@@H]2O[C@H]12. The molecule has 2 aliphatic carbocycles. The Balaban J connectivity index is 1.09. The molecule has 5 fully saturated rings. The summed E-state index contributed by atoms with van der Waals surface area (Å²) in [6.07, 6.45) is 7.54. The lowest BCUT2D eigenvalue weighted by Crippen LogP contribution is -2.62. The zero-order valence-corrected chi connectivity index (χ0v) is 24.2. The Hall–Kier alpha value is -1.95. The van der Waals surface area contributed by atoms with E-state index in [1.165, 1.54) is 28.5 Å². The summed E-state index contributed by atoms with van der Waals surface area (Å²) in [5.74, 6) is 0.447. The van der Waals surface area contributed by atoms with E-state index in [2.05, 4.69) is 36.1 Å². The van der Waals surface area contributed by atoms with Crippen molar-refractivity contribution in [1.29, 1.82) is 0 Å². The molecule has 3 saturated heterocycles. The number of epoxide rings is 1. The summed E-state index contributed by atoms with van der Waals surface area (Å²) in [4.78, 5) is 35.8. The van der Waals surface area contributed by atoms with Crippen molar-refractivity contribution in [2.45, 2.75) is 140 Å². The Bertz CT molecular complexity index is 1250. The van der Waals surface area contributed by atoms with Crippen LogP contribution in [0.4, 0.5) is 0 Å². The second kappa shape index (κ2) is 10.4. The number of oxime groups is 1. The molecule has 7 rings (SSSR count). The molecule has 11 nitrogen and oxygen atoms in total. The topological polar surface area (TPSA) is 119 Å². The number of nitrogens with one attached hydrogen (secondary N) is 1. The van der Waals surface area contributed by atoms with Crippen molar-refractivity contribution in [3.8, 4) is 0 Å². The molecule has 0 amide bonds. The number of aliphatic hydroxyl groups is 1. The van der Waals surface area contributed by atoms with Crippen molar-refractivity contribution in [3.63, 3.8) is 0 Å². The lowest BCUT2D eigenvalue weighted by molar-refractivity contribution is -0.00804. The maximum Gasteiger partial charge on any atom is 0.347 e. The van der Waals surface area contributed by atoms with E-state index >= 15 is 0 Å². The van der Waals surface area contributed by atoms with E-state index in [9.17, 15) is 14.7 Å². The van der Waals surface area contributed by atoms with Gasteiger partial charge in [0.2, 0.25) is 0 Å². The van der Waals surface area contributed by atoms with Crippen molar-refractivity contribution in [1.82, 2.24) is 24.1 Å². The number of hydrogen-bond donors (Lipinski definition) is 2. The van der Waals surface area contributed by atoms with Gasteiger partial charge in [0.15, 0.2) is 0 Å². The van der Waals surface area contributed by atoms with Crippen LogP contribution in [0.1, 0.15) is 90.6 Å². The zero-order valence-electron chi connectivity index (χ0n) is 24.2. The van der Waals surface area contributed by atoms with E-state index < -0.39 is 18.2 Å². The summed E-state index contributed by atoms with van der Waals surface area (Å²) < 4.78 is 10.4. The molecule has 2 saturated carbocycles. The minimum atomic E-state index is -0.856. The number of rotatable bonds is 5. The quantitative estimate of drug-likeness (QED) is 0.417. The molecular formula is C29H46N6O5. The van der Waals surface area contributed by atoms with E-state index in [-0.39, 0.29) is 35.5 Å². The first-order chi connectivity index (χ1) is 19.3. The fourth-order valence-corrected chi connectivity index (χ4v) is 8.57. The second-order valence-electron chi connectivity index (χ2n) is 13.5. The van der Waals surface area contributed by atoms with Gasteiger partial charge in [-0.2, -0.15) is 0 Å². The molecule has 222 valence electrons. The number of hydrogen-bond acceptors (Lipinski definition) is 8.